The van der Waals surface area contributed by atoms with Crippen LogP contribution in [0.3, 0.4) is 0 Å². The van der Waals surface area contributed by atoms with Gasteiger partial charge < -0.3 is 9.47 Å². The molecule has 316 valence electrons. The van der Waals surface area contributed by atoms with Gasteiger partial charge in [-0.1, -0.05) is 176 Å². The zero-order valence-corrected chi connectivity index (χ0v) is 37.4. The summed E-state index contributed by atoms with van der Waals surface area (Å²) in [7, 11) is 0. The summed E-state index contributed by atoms with van der Waals surface area (Å²) in [6.45, 7) is 0. The topological polar surface area (TPSA) is 34.0 Å². The average Bonchev–Trinajstić information content (AvgIpc) is 3.76. The number of hydrogen-bond donors (Lipinski definition) is 0. The van der Waals surface area contributed by atoms with E-state index in [1.807, 2.05) is 30.0 Å². The Kier molecular flexibility index (Phi) is 9.54. The third-order valence-electron chi connectivity index (χ3n) is 13.2. The van der Waals surface area contributed by atoms with E-state index >= 15 is 0 Å². The molecule has 1 aliphatic heterocycles. The number of hydrogen-bond acceptors (Lipinski definition) is 4. The molecule has 3 heterocycles. The normalized spacial score (nSPS) is 13.2. The second kappa shape index (κ2) is 16.3. The van der Waals surface area contributed by atoms with Gasteiger partial charge in [0.15, 0.2) is 5.82 Å². The van der Waals surface area contributed by atoms with Gasteiger partial charge in [0.25, 0.3) is 0 Å². The SMILES string of the molecule is C1=CC(c2ccc(-c3cc(-c4cccc(-n5c6cccc(-c7ccc8c(c7)Sc7ccccc7N8c7ccccc7)c6c6c7ccccc7ccc65)c4)nc(-c4ccccc4)n3)cc2)=CCC1. The van der Waals surface area contributed by atoms with E-state index < -0.39 is 0 Å². The molecule has 2 aromatic heterocycles. The second-order valence-corrected chi connectivity index (χ2v) is 18.3. The molecular formula is C62H42N4S. The second-order valence-electron chi connectivity index (χ2n) is 17.2. The van der Waals surface area contributed by atoms with Crippen LogP contribution in [0.2, 0.25) is 0 Å². The molecule has 9 aromatic carbocycles. The van der Waals surface area contributed by atoms with Crippen LogP contribution in [0.15, 0.2) is 240 Å². The van der Waals surface area contributed by atoms with Gasteiger partial charge in [0.2, 0.25) is 0 Å². The molecule has 0 N–H and O–H groups in total. The van der Waals surface area contributed by atoms with Crippen molar-refractivity contribution in [1.29, 1.82) is 0 Å². The Morgan fingerprint density at radius 1 is 0.433 bits per heavy atom. The lowest BCUT2D eigenvalue weighted by Gasteiger charge is -2.33. The Labute approximate surface area is 393 Å². The maximum absolute atomic E-state index is 5.26. The Hall–Kier alpha value is -8.25. The lowest BCUT2D eigenvalue weighted by Crippen LogP contribution is -2.14. The van der Waals surface area contributed by atoms with Crippen molar-refractivity contribution in [3.63, 3.8) is 0 Å². The van der Waals surface area contributed by atoms with Gasteiger partial charge in [-0.2, -0.15) is 0 Å². The minimum atomic E-state index is 0.701. The van der Waals surface area contributed by atoms with Crippen LogP contribution in [0, 0.1) is 0 Å². The molecular weight excluding hydrogens is 833 g/mol. The summed E-state index contributed by atoms with van der Waals surface area (Å²) in [5.74, 6) is 0.701. The Morgan fingerprint density at radius 3 is 1.97 bits per heavy atom. The first-order valence-electron chi connectivity index (χ1n) is 23.0. The monoisotopic (exact) mass is 874 g/mol. The van der Waals surface area contributed by atoms with Crippen LogP contribution in [0.5, 0.6) is 0 Å². The molecule has 67 heavy (non-hydrogen) atoms. The number of anilines is 3. The molecule has 0 unspecified atom stereocenters. The van der Waals surface area contributed by atoms with Crippen LogP contribution in [0.4, 0.5) is 17.1 Å². The van der Waals surface area contributed by atoms with E-state index in [0.717, 1.165) is 63.3 Å². The molecule has 4 nitrogen and oxygen atoms in total. The highest BCUT2D eigenvalue weighted by Gasteiger charge is 2.26. The maximum Gasteiger partial charge on any atom is 0.160 e. The molecule has 0 amide bonds. The van der Waals surface area contributed by atoms with Gasteiger partial charge in [0, 0.05) is 48.6 Å². The molecule has 0 atom stereocenters. The number of para-hydroxylation sites is 2. The molecule has 0 bridgehead atoms. The molecule has 11 aromatic rings. The number of aromatic nitrogens is 3. The average molecular weight is 875 g/mol. The predicted octanol–water partition coefficient (Wildman–Crippen LogP) is 17.1. The molecule has 5 heteroatoms. The van der Waals surface area contributed by atoms with Gasteiger partial charge in [-0.05, 0) is 113 Å². The van der Waals surface area contributed by atoms with E-state index in [1.165, 1.54) is 65.0 Å². The highest BCUT2D eigenvalue weighted by atomic mass is 32.2. The van der Waals surface area contributed by atoms with Crippen molar-refractivity contribution in [3.8, 4) is 50.7 Å². The van der Waals surface area contributed by atoms with Crippen LogP contribution in [0.1, 0.15) is 18.4 Å². The van der Waals surface area contributed by atoms with Crippen LogP contribution in [-0.4, -0.2) is 14.5 Å². The summed E-state index contributed by atoms with van der Waals surface area (Å²) < 4.78 is 2.44. The zero-order chi connectivity index (χ0) is 44.3. The lowest BCUT2D eigenvalue weighted by molar-refractivity contribution is 1.04. The van der Waals surface area contributed by atoms with E-state index in [-0.39, 0.29) is 0 Å². The van der Waals surface area contributed by atoms with E-state index in [1.54, 1.807) is 0 Å². The summed E-state index contributed by atoms with van der Waals surface area (Å²) >= 11 is 1.85. The molecule has 13 rings (SSSR count). The number of allylic oxidation sites excluding steroid dienone is 4. The largest absolute Gasteiger partial charge is 0.309 e. The number of nitrogens with zero attached hydrogens (tertiary/aromatic N) is 4. The minimum absolute atomic E-state index is 0.701. The van der Waals surface area contributed by atoms with E-state index in [0.29, 0.717) is 5.82 Å². The molecule has 0 fully saturated rings. The van der Waals surface area contributed by atoms with Crippen molar-refractivity contribution in [2.75, 3.05) is 4.90 Å². The van der Waals surface area contributed by atoms with Crippen LogP contribution in [-0.2, 0) is 0 Å². The molecule has 2 aliphatic rings. The maximum atomic E-state index is 5.26. The molecule has 0 spiro atoms. The van der Waals surface area contributed by atoms with Gasteiger partial charge in [0.1, 0.15) is 0 Å². The first-order valence-corrected chi connectivity index (χ1v) is 23.8. The van der Waals surface area contributed by atoms with Gasteiger partial charge in [0.05, 0.1) is 33.8 Å². The van der Waals surface area contributed by atoms with Gasteiger partial charge >= 0.3 is 0 Å². The molecule has 0 saturated carbocycles. The first kappa shape index (κ1) is 39.1. The molecule has 0 saturated heterocycles. The first-order chi connectivity index (χ1) is 33.2. The van der Waals surface area contributed by atoms with Crippen LogP contribution in [0.25, 0.3) is 88.9 Å². The highest BCUT2D eigenvalue weighted by molar-refractivity contribution is 7.99. The standard InChI is InChI=1S/C62H42N4S/c1-4-16-41(17-5-1)42-30-32-44(33-31-42)52-40-53(64-62(63-52)45-19-6-2-7-20-45)47-21-14-24-49(38-47)66-56-28-15-26-51(61(56)60-50-25-11-10-18-43(50)34-37-57(60)66)46-35-36-55-59(39-46)67-58-29-13-12-27-54(58)65(55)48-22-8-3-9-23-48/h2-4,6-40H,1,5H2. The third-order valence-corrected chi connectivity index (χ3v) is 14.3. The highest BCUT2D eigenvalue weighted by Crippen LogP contribution is 2.53. The number of fused-ring (bicyclic) bond motifs is 7. The Balaban J connectivity index is 0.971. The van der Waals surface area contributed by atoms with Crippen molar-refractivity contribution in [2.24, 2.45) is 0 Å². The molecule has 1 aliphatic carbocycles. The smallest absolute Gasteiger partial charge is 0.160 e. The summed E-state index contributed by atoms with van der Waals surface area (Å²) in [6, 6.07) is 76.7. The quantitative estimate of drug-likeness (QED) is 0.160. The van der Waals surface area contributed by atoms with Gasteiger partial charge in [-0.15, -0.1) is 0 Å². The fraction of sp³-hybridized carbons (Fsp3) is 0.0323. The predicted molar refractivity (Wildman–Crippen MR) is 281 cm³/mol. The van der Waals surface area contributed by atoms with Crippen molar-refractivity contribution in [3.05, 3.63) is 236 Å². The number of rotatable bonds is 7. The van der Waals surface area contributed by atoms with Gasteiger partial charge in [-0.25, -0.2) is 9.97 Å². The minimum Gasteiger partial charge on any atom is -0.309 e. The van der Waals surface area contributed by atoms with Crippen LogP contribution < -0.4 is 4.90 Å². The summed E-state index contributed by atoms with van der Waals surface area (Å²) in [4.78, 5) is 15.3. The molecule has 0 radical (unpaired) electrons. The fourth-order valence-electron chi connectivity index (χ4n) is 10.1. The van der Waals surface area contributed by atoms with E-state index in [2.05, 4.69) is 222 Å². The summed E-state index contributed by atoms with van der Waals surface area (Å²) in [5.41, 5.74) is 16.6. The van der Waals surface area contributed by atoms with Gasteiger partial charge in [-0.3, -0.25) is 0 Å². The van der Waals surface area contributed by atoms with Crippen molar-refractivity contribution in [1.82, 2.24) is 14.5 Å². The number of benzene rings is 9. The third kappa shape index (κ3) is 6.86. The van der Waals surface area contributed by atoms with E-state index in [4.69, 9.17) is 9.97 Å². The van der Waals surface area contributed by atoms with Crippen molar-refractivity contribution >= 4 is 67.0 Å². The summed E-state index contributed by atoms with van der Waals surface area (Å²) in [6.07, 6.45) is 8.99. The van der Waals surface area contributed by atoms with E-state index in [9.17, 15) is 0 Å². The summed E-state index contributed by atoms with van der Waals surface area (Å²) in [5, 5.41) is 4.93. The Bertz CT molecular complexity index is 3770. The van der Waals surface area contributed by atoms with Crippen molar-refractivity contribution in [2.45, 2.75) is 22.6 Å². The van der Waals surface area contributed by atoms with Crippen molar-refractivity contribution < 1.29 is 0 Å². The van der Waals surface area contributed by atoms with Crippen LogP contribution >= 0.6 is 11.8 Å². The fourth-order valence-corrected chi connectivity index (χ4v) is 11.1. The lowest BCUT2D eigenvalue weighted by atomic mass is 9.96. The Morgan fingerprint density at radius 2 is 1.12 bits per heavy atom. The zero-order valence-electron chi connectivity index (χ0n) is 36.6.